The Balaban J connectivity index is 2.25. The molecule has 160 valence electrons. The summed E-state index contributed by atoms with van der Waals surface area (Å²) in [6.07, 6.45) is -3.72. The first kappa shape index (κ1) is 22.9. The Labute approximate surface area is 167 Å². The van der Waals surface area contributed by atoms with Crippen molar-refractivity contribution >= 4 is 23.6 Å². The topological polar surface area (TPSA) is 95.0 Å². The van der Waals surface area contributed by atoms with Gasteiger partial charge in [0, 0.05) is 53.4 Å². The highest BCUT2D eigenvalue weighted by Gasteiger charge is 2.71. The summed E-state index contributed by atoms with van der Waals surface area (Å²) < 4.78 is 77.4. The first-order valence-corrected chi connectivity index (χ1v) is 8.22. The molecule has 0 bridgehead atoms. The summed E-state index contributed by atoms with van der Waals surface area (Å²) in [5, 5.41) is 19.4. The minimum Gasteiger partial charge on any atom is -0.404 e. The van der Waals surface area contributed by atoms with Crippen LogP contribution in [0.4, 0.5) is 32.0 Å². The zero-order valence-electron chi connectivity index (χ0n) is 15.1. The van der Waals surface area contributed by atoms with Gasteiger partial charge in [-0.15, -0.1) is 0 Å². The average molecular weight is 430 g/mol. The zero-order chi connectivity index (χ0) is 22.6. The van der Waals surface area contributed by atoms with Crippen LogP contribution in [0.2, 0.25) is 0 Å². The molecule has 30 heavy (non-hydrogen) atoms. The van der Waals surface area contributed by atoms with Crippen LogP contribution in [0.25, 0.3) is 11.6 Å². The van der Waals surface area contributed by atoms with Gasteiger partial charge in [-0.3, -0.25) is 4.98 Å². The van der Waals surface area contributed by atoms with Gasteiger partial charge >= 0.3 is 12.4 Å². The molecule has 11 heteroatoms. The van der Waals surface area contributed by atoms with Gasteiger partial charge in [0.1, 0.15) is 0 Å². The number of allylic oxidation sites excluding steroid dienone is 1. The van der Waals surface area contributed by atoms with E-state index in [9.17, 15) is 31.4 Å². The van der Waals surface area contributed by atoms with Crippen molar-refractivity contribution in [2.45, 2.75) is 18.0 Å². The highest BCUT2D eigenvalue weighted by atomic mass is 19.4. The highest BCUT2D eigenvalue weighted by molar-refractivity contribution is 6.09. The van der Waals surface area contributed by atoms with Gasteiger partial charge in [0.2, 0.25) is 0 Å². The molecule has 0 fully saturated rings. The van der Waals surface area contributed by atoms with Gasteiger partial charge in [0.25, 0.3) is 5.60 Å². The predicted octanol–water partition coefficient (Wildman–Crippen LogP) is 4.43. The molecule has 0 radical (unpaired) electrons. The molecule has 1 aromatic heterocycles. The summed E-state index contributed by atoms with van der Waals surface area (Å²) in [6.45, 7) is 0. The van der Waals surface area contributed by atoms with Crippen LogP contribution in [0, 0.1) is 5.41 Å². The lowest BCUT2D eigenvalue weighted by atomic mass is 9.92. The maximum Gasteiger partial charge on any atom is 0.430 e. The van der Waals surface area contributed by atoms with E-state index in [1.807, 2.05) is 0 Å². The summed E-state index contributed by atoms with van der Waals surface area (Å²) in [4.78, 5) is 3.94. The molecule has 2 rings (SSSR count). The Morgan fingerprint density at radius 1 is 1.03 bits per heavy atom. The van der Waals surface area contributed by atoms with Crippen LogP contribution < -0.4 is 11.1 Å². The van der Waals surface area contributed by atoms with Gasteiger partial charge < -0.3 is 21.6 Å². The summed E-state index contributed by atoms with van der Waals surface area (Å²) in [5.74, 6) is 0. The first-order valence-electron chi connectivity index (χ1n) is 8.22. The van der Waals surface area contributed by atoms with Gasteiger partial charge in [-0.1, -0.05) is 12.1 Å². The van der Waals surface area contributed by atoms with E-state index in [1.54, 1.807) is 6.07 Å². The molecule has 5 N–H and O–H groups in total. The van der Waals surface area contributed by atoms with Crippen LogP contribution >= 0.6 is 0 Å². The smallest absolute Gasteiger partial charge is 0.404 e. The largest absolute Gasteiger partial charge is 0.430 e. The maximum atomic E-state index is 12.9. The van der Waals surface area contributed by atoms with Crippen molar-refractivity contribution in [3.63, 3.8) is 0 Å². The van der Waals surface area contributed by atoms with Gasteiger partial charge in [-0.2, -0.15) is 26.3 Å². The fraction of sp³-hybridized carbons (Fsp3) is 0.158. The molecule has 2 aromatic rings. The Morgan fingerprint density at radius 2 is 1.63 bits per heavy atom. The summed E-state index contributed by atoms with van der Waals surface area (Å²) in [5.41, 5.74) is 0.879. The van der Waals surface area contributed by atoms with E-state index in [-0.39, 0.29) is 5.69 Å². The van der Waals surface area contributed by atoms with Crippen molar-refractivity contribution in [2.24, 2.45) is 5.73 Å². The summed E-state index contributed by atoms with van der Waals surface area (Å²) in [6, 6.07) is 4.63. The quantitative estimate of drug-likeness (QED) is 0.403. The van der Waals surface area contributed by atoms with Gasteiger partial charge in [0.05, 0.1) is 0 Å². The number of hydrogen-bond donors (Lipinski definition) is 4. The number of nitrogens with one attached hydrogen (secondary N) is 2. The molecule has 1 aromatic carbocycles. The molecular formula is C19H16F6N4O. The number of halogens is 6. The van der Waals surface area contributed by atoms with Crippen LogP contribution in [0.3, 0.4) is 0 Å². The standard InChI is InChI=1S/C19H16F6N4O/c20-18(21,22)17(30,19(23,24)25)14-1-3-15(4-2-14)29-8-5-12-11-28-7-6-16(12)13(9-26)10-27/h1-11,26,29-30H,27H2/b8-5+,13-10+,26-9?. The fourth-order valence-electron chi connectivity index (χ4n) is 2.54. The molecule has 0 spiro atoms. The van der Waals surface area contributed by atoms with Crippen molar-refractivity contribution in [3.05, 3.63) is 71.8 Å². The summed E-state index contributed by atoms with van der Waals surface area (Å²) in [7, 11) is 0. The van der Waals surface area contributed by atoms with E-state index in [0.29, 0.717) is 28.8 Å². The lowest BCUT2D eigenvalue weighted by molar-refractivity contribution is -0.376. The second kappa shape index (κ2) is 8.57. The monoisotopic (exact) mass is 430 g/mol. The molecular weight excluding hydrogens is 414 g/mol. The van der Waals surface area contributed by atoms with E-state index < -0.39 is 23.5 Å². The van der Waals surface area contributed by atoms with Crippen molar-refractivity contribution in [1.29, 1.82) is 5.41 Å². The molecule has 0 aliphatic carbocycles. The van der Waals surface area contributed by atoms with Gasteiger partial charge in [-0.05, 0) is 29.8 Å². The fourth-order valence-corrected chi connectivity index (χ4v) is 2.54. The molecule has 0 amide bonds. The Kier molecular flexibility index (Phi) is 6.56. The molecule has 1 heterocycles. The van der Waals surface area contributed by atoms with Crippen molar-refractivity contribution in [3.8, 4) is 0 Å². The Hall–Kier alpha value is -3.34. The van der Waals surface area contributed by atoms with Crippen LogP contribution in [0.15, 0.2) is 55.1 Å². The lowest BCUT2D eigenvalue weighted by Gasteiger charge is -2.32. The van der Waals surface area contributed by atoms with Crippen LogP contribution in [-0.2, 0) is 5.60 Å². The molecule has 0 saturated carbocycles. The first-order chi connectivity index (χ1) is 14.0. The molecule has 0 atom stereocenters. The number of anilines is 1. The van der Waals surface area contributed by atoms with E-state index in [4.69, 9.17) is 11.1 Å². The number of nitrogens with zero attached hydrogens (tertiary/aromatic N) is 1. The number of rotatable bonds is 6. The molecule has 0 saturated heterocycles. The van der Waals surface area contributed by atoms with Crippen molar-refractivity contribution < 1.29 is 31.4 Å². The Bertz CT molecular complexity index is 935. The molecule has 5 nitrogen and oxygen atoms in total. The third-order valence-corrected chi connectivity index (χ3v) is 4.13. The zero-order valence-corrected chi connectivity index (χ0v) is 15.1. The third kappa shape index (κ3) is 4.46. The number of nitrogens with two attached hydrogens (primary N) is 1. The lowest BCUT2D eigenvalue weighted by Crippen LogP contribution is -2.53. The number of pyridine rings is 1. The molecule has 0 aliphatic rings. The average Bonchev–Trinajstić information content (AvgIpc) is 2.68. The van der Waals surface area contributed by atoms with Crippen LogP contribution in [0.1, 0.15) is 16.7 Å². The van der Waals surface area contributed by atoms with E-state index >= 15 is 0 Å². The maximum absolute atomic E-state index is 12.9. The number of aromatic nitrogens is 1. The minimum atomic E-state index is -5.94. The number of aliphatic hydroxyl groups is 1. The molecule has 0 aliphatic heterocycles. The van der Waals surface area contributed by atoms with Crippen molar-refractivity contribution in [2.75, 3.05) is 5.32 Å². The second-order valence-electron chi connectivity index (χ2n) is 5.99. The van der Waals surface area contributed by atoms with Crippen LogP contribution in [-0.4, -0.2) is 28.7 Å². The predicted molar refractivity (Wildman–Crippen MR) is 100 cm³/mol. The Morgan fingerprint density at radius 3 is 2.13 bits per heavy atom. The van der Waals surface area contributed by atoms with Gasteiger partial charge in [-0.25, -0.2) is 0 Å². The summed E-state index contributed by atoms with van der Waals surface area (Å²) >= 11 is 0. The SMILES string of the molecule is N=C/C(=C\N)c1ccncc1/C=C/Nc1ccc(C(O)(C(F)(F)F)C(F)(F)F)cc1. The van der Waals surface area contributed by atoms with Gasteiger partial charge in [0.15, 0.2) is 0 Å². The number of hydrogen-bond acceptors (Lipinski definition) is 5. The second-order valence-corrected chi connectivity index (χ2v) is 5.99. The highest BCUT2D eigenvalue weighted by Crippen LogP contribution is 2.50. The van der Waals surface area contributed by atoms with E-state index in [1.165, 1.54) is 30.9 Å². The molecule has 0 unspecified atom stereocenters. The van der Waals surface area contributed by atoms with Crippen LogP contribution in [0.5, 0.6) is 0 Å². The van der Waals surface area contributed by atoms with E-state index in [2.05, 4.69) is 10.3 Å². The van der Waals surface area contributed by atoms with E-state index in [0.717, 1.165) is 18.3 Å². The third-order valence-electron chi connectivity index (χ3n) is 4.13. The normalized spacial score (nSPS) is 13.5. The minimum absolute atomic E-state index is 0.175. The number of benzene rings is 1. The number of alkyl halides is 6. The van der Waals surface area contributed by atoms with Crippen molar-refractivity contribution in [1.82, 2.24) is 4.98 Å².